The van der Waals surface area contributed by atoms with Gasteiger partial charge in [0.1, 0.15) is 20.6 Å². The van der Waals surface area contributed by atoms with E-state index >= 15 is 0 Å². The van der Waals surface area contributed by atoms with Crippen LogP contribution in [0.5, 0.6) is 0 Å². The quantitative estimate of drug-likeness (QED) is 0.399. The van der Waals surface area contributed by atoms with E-state index in [4.69, 9.17) is 4.74 Å². The fourth-order valence-electron chi connectivity index (χ4n) is 1.38. The van der Waals surface area contributed by atoms with E-state index < -0.39 is 0 Å². The average Bonchev–Trinajstić information content (AvgIpc) is 2.09. The van der Waals surface area contributed by atoms with Gasteiger partial charge in [0.25, 0.3) is 0 Å². The Labute approximate surface area is 83.3 Å². The lowest BCUT2D eigenvalue weighted by Gasteiger charge is -2.01. The Balaban J connectivity index is 2.84. The fourth-order valence-corrected chi connectivity index (χ4v) is 1.38. The molecule has 0 aliphatic carbocycles. The summed E-state index contributed by atoms with van der Waals surface area (Å²) in [6, 6.07) is 0. The van der Waals surface area contributed by atoms with Gasteiger partial charge in [0.2, 0.25) is 0 Å². The van der Waals surface area contributed by atoms with Crippen LogP contribution in [0.2, 0.25) is 0 Å². The summed E-state index contributed by atoms with van der Waals surface area (Å²) < 4.78 is 4.99. The van der Waals surface area contributed by atoms with Crippen LogP contribution >= 0.6 is 0 Å². The van der Waals surface area contributed by atoms with E-state index in [0.29, 0.717) is 0 Å². The number of ether oxygens (including phenoxy) is 1. The fraction of sp³-hybridized carbons (Fsp3) is 1.00. The van der Waals surface area contributed by atoms with E-state index in [2.05, 4.69) is 19.0 Å². The van der Waals surface area contributed by atoms with Crippen LogP contribution in [0.25, 0.3) is 0 Å². The van der Waals surface area contributed by atoms with Gasteiger partial charge < -0.3 is 4.74 Å². The van der Waals surface area contributed by atoms with Gasteiger partial charge in [0.05, 0.1) is 0 Å². The second-order valence-electron chi connectivity index (χ2n) is 3.92. The van der Waals surface area contributed by atoms with Gasteiger partial charge in [0.15, 0.2) is 0 Å². The van der Waals surface area contributed by atoms with Gasteiger partial charge >= 0.3 is 0 Å². The van der Waals surface area contributed by atoms with Crippen molar-refractivity contribution >= 4 is 0 Å². The molecule has 0 unspecified atom stereocenters. The molecule has 0 atom stereocenters. The maximum atomic E-state index is 4.99. The van der Waals surface area contributed by atoms with Crippen molar-refractivity contribution in [2.45, 2.75) is 38.5 Å². The van der Waals surface area contributed by atoms with Gasteiger partial charge in [-0.2, -0.15) is 4.90 Å². The predicted molar refractivity (Wildman–Crippen MR) is 58.4 cm³/mol. The SMILES string of the molecule is COCCCCCCCC[N+](C)C. The lowest BCUT2D eigenvalue weighted by molar-refractivity contribution is 0.192. The minimum absolute atomic E-state index is 0.928. The molecule has 0 saturated heterocycles. The van der Waals surface area contributed by atoms with E-state index in [0.717, 1.165) is 6.61 Å². The molecule has 0 aromatic carbocycles. The topological polar surface area (TPSA) is 15.1 Å². The Kier molecular flexibility index (Phi) is 9.94. The molecule has 0 aliphatic rings. The number of nitrogens with zero attached hydrogens (tertiary/aromatic N) is 1. The largest absolute Gasteiger partial charge is 0.385 e. The summed E-state index contributed by atoms with van der Waals surface area (Å²) in [6.07, 6.45) is 8.04. The summed E-state index contributed by atoms with van der Waals surface area (Å²) in [5, 5.41) is 0. The third kappa shape index (κ3) is 11.9. The second kappa shape index (κ2) is 10.0. The third-order valence-corrected chi connectivity index (χ3v) is 2.20. The highest BCUT2D eigenvalue weighted by atomic mass is 16.5. The molecule has 0 saturated carbocycles. The highest BCUT2D eigenvalue weighted by molar-refractivity contribution is 4.50. The van der Waals surface area contributed by atoms with Crippen molar-refractivity contribution in [3.63, 3.8) is 0 Å². The highest BCUT2D eigenvalue weighted by Crippen LogP contribution is 2.05. The Morgan fingerprint density at radius 3 is 1.92 bits per heavy atom. The van der Waals surface area contributed by atoms with Crippen LogP contribution in [-0.4, -0.2) is 34.4 Å². The molecule has 0 rings (SSSR count). The minimum atomic E-state index is 0.928. The van der Waals surface area contributed by atoms with Crippen LogP contribution in [-0.2, 0) is 4.74 Å². The van der Waals surface area contributed by atoms with Crippen molar-refractivity contribution in [2.75, 3.05) is 34.4 Å². The molecule has 0 fully saturated rings. The van der Waals surface area contributed by atoms with E-state index in [9.17, 15) is 0 Å². The molecule has 13 heavy (non-hydrogen) atoms. The second-order valence-corrected chi connectivity index (χ2v) is 3.92. The molecule has 0 spiro atoms. The standard InChI is InChI=1S/C11H25NO/c1-12(2)10-8-6-4-5-7-9-11-13-3/h4-11H2,1-3H3/q+1. The van der Waals surface area contributed by atoms with E-state index in [-0.39, 0.29) is 0 Å². The van der Waals surface area contributed by atoms with Gasteiger partial charge in [-0.1, -0.05) is 19.3 Å². The predicted octanol–water partition coefficient (Wildman–Crippen LogP) is 2.37. The molecular weight excluding hydrogens is 162 g/mol. The maximum Gasteiger partial charge on any atom is 0.122 e. The lowest BCUT2D eigenvalue weighted by Crippen LogP contribution is -2.19. The first-order valence-electron chi connectivity index (χ1n) is 5.41. The van der Waals surface area contributed by atoms with Crippen LogP contribution < -0.4 is 4.90 Å². The summed E-state index contributed by atoms with van der Waals surface area (Å²) in [4.78, 5) is 2.25. The van der Waals surface area contributed by atoms with Gasteiger partial charge in [-0.25, -0.2) is 0 Å². The van der Waals surface area contributed by atoms with Crippen molar-refractivity contribution in [3.8, 4) is 0 Å². The molecule has 0 aromatic heterocycles. The summed E-state index contributed by atoms with van der Waals surface area (Å²) in [6.45, 7) is 2.16. The monoisotopic (exact) mass is 187 g/mol. The zero-order valence-corrected chi connectivity index (χ0v) is 9.51. The van der Waals surface area contributed by atoms with Crippen molar-refractivity contribution in [2.24, 2.45) is 0 Å². The molecule has 1 radical (unpaired) electrons. The lowest BCUT2D eigenvalue weighted by atomic mass is 10.1. The maximum absolute atomic E-state index is 4.99. The molecule has 0 N–H and O–H groups in total. The molecule has 0 amide bonds. The molecular formula is C11H25NO+. The third-order valence-electron chi connectivity index (χ3n) is 2.20. The van der Waals surface area contributed by atoms with Crippen molar-refractivity contribution in [1.82, 2.24) is 4.90 Å². The molecule has 2 heteroatoms. The highest BCUT2D eigenvalue weighted by Gasteiger charge is 1.97. The van der Waals surface area contributed by atoms with Crippen LogP contribution in [0.3, 0.4) is 0 Å². The van der Waals surface area contributed by atoms with Gasteiger partial charge in [-0.3, -0.25) is 0 Å². The van der Waals surface area contributed by atoms with Crippen LogP contribution in [0, 0.1) is 0 Å². The van der Waals surface area contributed by atoms with Gasteiger partial charge in [-0.05, 0) is 12.8 Å². The van der Waals surface area contributed by atoms with Gasteiger partial charge in [-0.15, -0.1) is 0 Å². The number of hydrogen-bond acceptors (Lipinski definition) is 2. The average molecular weight is 187 g/mol. The molecule has 2 nitrogen and oxygen atoms in total. The van der Waals surface area contributed by atoms with Crippen LogP contribution in [0.15, 0.2) is 0 Å². The Hall–Kier alpha value is -0.0800. The van der Waals surface area contributed by atoms with E-state index in [1.807, 2.05) is 0 Å². The smallest absolute Gasteiger partial charge is 0.122 e. The first kappa shape index (κ1) is 12.9. The normalized spacial score (nSPS) is 11.1. The summed E-state index contributed by atoms with van der Waals surface area (Å²) in [7, 11) is 6.05. The Morgan fingerprint density at radius 1 is 0.846 bits per heavy atom. The van der Waals surface area contributed by atoms with Crippen molar-refractivity contribution in [3.05, 3.63) is 0 Å². The Bertz CT molecular complexity index is 94.1. The Morgan fingerprint density at radius 2 is 1.38 bits per heavy atom. The molecule has 0 aromatic rings. The molecule has 0 heterocycles. The minimum Gasteiger partial charge on any atom is -0.385 e. The summed E-state index contributed by atoms with van der Waals surface area (Å²) >= 11 is 0. The number of rotatable bonds is 9. The molecule has 0 bridgehead atoms. The summed E-state index contributed by atoms with van der Waals surface area (Å²) in [5.74, 6) is 0. The zero-order valence-electron chi connectivity index (χ0n) is 9.51. The van der Waals surface area contributed by atoms with Crippen molar-refractivity contribution < 1.29 is 4.74 Å². The number of unbranched alkanes of at least 4 members (excludes halogenated alkanes) is 5. The number of methoxy groups -OCH3 is 1. The molecule has 79 valence electrons. The number of hydrogen-bond donors (Lipinski definition) is 0. The first-order chi connectivity index (χ1) is 6.27. The van der Waals surface area contributed by atoms with Crippen molar-refractivity contribution in [1.29, 1.82) is 0 Å². The van der Waals surface area contributed by atoms with Crippen LogP contribution in [0.1, 0.15) is 38.5 Å². The van der Waals surface area contributed by atoms with Crippen LogP contribution in [0.4, 0.5) is 0 Å². The summed E-state index contributed by atoms with van der Waals surface area (Å²) in [5.41, 5.74) is 0. The van der Waals surface area contributed by atoms with Gasteiger partial charge in [0, 0.05) is 20.1 Å². The molecule has 0 aliphatic heterocycles. The van der Waals surface area contributed by atoms with E-state index in [1.54, 1.807) is 7.11 Å². The first-order valence-corrected chi connectivity index (χ1v) is 5.41. The van der Waals surface area contributed by atoms with E-state index in [1.165, 1.54) is 45.1 Å². The zero-order chi connectivity index (χ0) is 9.94.